The van der Waals surface area contributed by atoms with Crippen LogP contribution in [0.15, 0.2) is 102 Å². The number of rotatable bonds is 2. The molecule has 5 rings (SSSR count). The monoisotopic (exact) mass is 323 g/mol. The molecule has 1 heterocycles. The van der Waals surface area contributed by atoms with Crippen molar-refractivity contribution in [3.05, 3.63) is 102 Å². The molecule has 0 spiro atoms. The van der Waals surface area contributed by atoms with E-state index in [1.165, 1.54) is 11.1 Å². The quantitative estimate of drug-likeness (QED) is 0.771. The topological polar surface area (TPSA) is 20.3 Å². The van der Waals surface area contributed by atoms with E-state index >= 15 is 0 Å². The number of hydrogen-bond donors (Lipinski definition) is 0. The van der Waals surface area contributed by atoms with Crippen LogP contribution >= 0.6 is 0 Å². The number of nitrogens with zero attached hydrogens (tertiary/aromatic N) is 1. The van der Waals surface area contributed by atoms with E-state index in [9.17, 15) is 4.79 Å². The predicted molar refractivity (Wildman–Crippen MR) is 101 cm³/mol. The van der Waals surface area contributed by atoms with Crippen molar-refractivity contribution >= 4 is 11.6 Å². The summed E-state index contributed by atoms with van der Waals surface area (Å²) in [6.45, 7) is 0. The zero-order valence-corrected chi connectivity index (χ0v) is 13.7. The van der Waals surface area contributed by atoms with Crippen molar-refractivity contribution in [3.63, 3.8) is 0 Å². The van der Waals surface area contributed by atoms with Crippen LogP contribution in [-0.4, -0.2) is 5.91 Å². The lowest BCUT2D eigenvalue weighted by Gasteiger charge is -2.24. The highest BCUT2D eigenvalue weighted by atomic mass is 16.2. The number of amides is 1. The molecule has 0 radical (unpaired) electrons. The van der Waals surface area contributed by atoms with Crippen LogP contribution in [0.5, 0.6) is 0 Å². The second-order valence-corrected chi connectivity index (χ2v) is 6.59. The van der Waals surface area contributed by atoms with Gasteiger partial charge in [-0.3, -0.25) is 9.69 Å². The van der Waals surface area contributed by atoms with Gasteiger partial charge in [-0.15, -0.1) is 0 Å². The van der Waals surface area contributed by atoms with Crippen molar-refractivity contribution in [3.8, 4) is 11.1 Å². The average Bonchev–Trinajstić information content (AvgIpc) is 2.97. The highest BCUT2D eigenvalue weighted by Crippen LogP contribution is 2.46. The molecule has 2 aromatic rings. The van der Waals surface area contributed by atoms with Crippen LogP contribution in [0.1, 0.15) is 0 Å². The van der Waals surface area contributed by atoms with E-state index in [-0.39, 0.29) is 17.7 Å². The van der Waals surface area contributed by atoms with Crippen LogP contribution in [-0.2, 0) is 4.79 Å². The molecule has 1 fully saturated rings. The Bertz CT molecular complexity index is 961. The number of allylic oxidation sites excluding steroid dienone is 6. The molecule has 0 aromatic heterocycles. The first-order valence-corrected chi connectivity index (χ1v) is 8.59. The Hall–Kier alpha value is -3.13. The Morgan fingerprint density at radius 1 is 0.800 bits per heavy atom. The first kappa shape index (κ1) is 14.2. The van der Waals surface area contributed by atoms with Gasteiger partial charge >= 0.3 is 0 Å². The smallest absolute Gasteiger partial charge is 0.239 e. The van der Waals surface area contributed by atoms with Gasteiger partial charge in [-0.05, 0) is 34.9 Å². The maximum absolute atomic E-state index is 13.0. The standard InChI is InChI=1S/C23H17NO/c25-23-20-10-4-8-18-9-5-11-21(22(18)20)24(23)19-14-12-17(13-15-19)16-6-2-1-3-7-16/h1-15,20,22H/t20-,22+/m0/s1. The summed E-state index contributed by atoms with van der Waals surface area (Å²) in [5.74, 6) is 0.246. The highest BCUT2D eigenvalue weighted by Gasteiger charge is 2.46. The molecule has 2 heteroatoms. The van der Waals surface area contributed by atoms with Gasteiger partial charge < -0.3 is 0 Å². The average molecular weight is 323 g/mol. The van der Waals surface area contributed by atoms with Crippen molar-refractivity contribution in [2.45, 2.75) is 0 Å². The zero-order chi connectivity index (χ0) is 16.8. The Balaban J connectivity index is 1.54. The minimum absolute atomic E-state index is 0.0787. The fourth-order valence-electron chi connectivity index (χ4n) is 4.01. The Kier molecular flexibility index (Phi) is 3.10. The van der Waals surface area contributed by atoms with Gasteiger partial charge in [-0.2, -0.15) is 0 Å². The van der Waals surface area contributed by atoms with Gasteiger partial charge in [0, 0.05) is 17.3 Å². The third-order valence-electron chi connectivity index (χ3n) is 5.20. The van der Waals surface area contributed by atoms with Gasteiger partial charge in [0.15, 0.2) is 0 Å². The third kappa shape index (κ3) is 2.14. The van der Waals surface area contributed by atoms with E-state index in [1.54, 1.807) is 0 Å². The lowest BCUT2D eigenvalue weighted by atomic mass is 9.80. The van der Waals surface area contributed by atoms with Crippen LogP contribution in [0.3, 0.4) is 0 Å². The van der Waals surface area contributed by atoms with E-state index < -0.39 is 0 Å². The van der Waals surface area contributed by atoms with Gasteiger partial charge in [0.05, 0.1) is 5.92 Å². The number of anilines is 1. The molecule has 2 nitrogen and oxygen atoms in total. The lowest BCUT2D eigenvalue weighted by Crippen LogP contribution is -2.25. The van der Waals surface area contributed by atoms with Gasteiger partial charge in [0.2, 0.25) is 5.91 Å². The summed E-state index contributed by atoms with van der Waals surface area (Å²) in [7, 11) is 0. The van der Waals surface area contributed by atoms with E-state index in [0.29, 0.717) is 0 Å². The molecule has 1 aliphatic heterocycles. The van der Waals surface area contributed by atoms with Gasteiger partial charge in [-0.1, -0.05) is 72.8 Å². The van der Waals surface area contributed by atoms with E-state index in [1.807, 2.05) is 53.5 Å². The molecular formula is C23H17NO. The first-order valence-electron chi connectivity index (χ1n) is 8.59. The molecule has 2 atom stereocenters. The van der Waals surface area contributed by atoms with Crippen LogP contribution in [0.2, 0.25) is 0 Å². The summed E-state index contributed by atoms with van der Waals surface area (Å²) >= 11 is 0. The molecule has 1 amide bonds. The second-order valence-electron chi connectivity index (χ2n) is 6.59. The molecule has 25 heavy (non-hydrogen) atoms. The molecule has 1 saturated heterocycles. The number of carbonyl (C=O) groups is 1. The largest absolute Gasteiger partial charge is 0.284 e. The molecule has 0 N–H and O–H groups in total. The third-order valence-corrected chi connectivity index (χ3v) is 5.20. The van der Waals surface area contributed by atoms with E-state index in [2.05, 4.69) is 42.5 Å². The van der Waals surface area contributed by atoms with Crippen LogP contribution in [0.4, 0.5) is 5.69 Å². The summed E-state index contributed by atoms with van der Waals surface area (Å²) < 4.78 is 0. The lowest BCUT2D eigenvalue weighted by molar-refractivity contribution is -0.119. The SMILES string of the molecule is O=C1[C@H]2C=CC=C3C=CC=C([C@H]32)N1c1ccc(-c2ccccc2)cc1. The van der Waals surface area contributed by atoms with Crippen molar-refractivity contribution < 1.29 is 4.79 Å². The molecule has 0 unspecified atom stereocenters. The van der Waals surface area contributed by atoms with Gasteiger partial charge in [0.25, 0.3) is 0 Å². The zero-order valence-electron chi connectivity index (χ0n) is 13.7. The Morgan fingerprint density at radius 3 is 2.36 bits per heavy atom. The number of carbonyl (C=O) groups excluding carboxylic acids is 1. The number of hydrogen-bond acceptors (Lipinski definition) is 1. The predicted octanol–water partition coefficient (Wildman–Crippen LogP) is 4.88. The van der Waals surface area contributed by atoms with E-state index in [4.69, 9.17) is 0 Å². The van der Waals surface area contributed by atoms with Crippen molar-refractivity contribution in [2.24, 2.45) is 11.8 Å². The highest BCUT2D eigenvalue weighted by molar-refractivity contribution is 6.04. The summed E-state index contributed by atoms with van der Waals surface area (Å²) in [5, 5.41) is 0. The summed E-state index contributed by atoms with van der Waals surface area (Å²) in [4.78, 5) is 14.9. The Morgan fingerprint density at radius 2 is 1.56 bits per heavy atom. The molecule has 0 bridgehead atoms. The molecule has 120 valence electrons. The minimum Gasteiger partial charge on any atom is -0.284 e. The minimum atomic E-state index is -0.0787. The van der Waals surface area contributed by atoms with Crippen LogP contribution in [0.25, 0.3) is 11.1 Å². The number of benzene rings is 2. The van der Waals surface area contributed by atoms with Crippen molar-refractivity contribution in [1.82, 2.24) is 0 Å². The summed E-state index contributed by atoms with van der Waals surface area (Å²) in [6.07, 6.45) is 12.4. The molecular weight excluding hydrogens is 306 g/mol. The Labute approximate surface area is 147 Å². The molecule has 0 saturated carbocycles. The van der Waals surface area contributed by atoms with Crippen molar-refractivity contribution in [1.29, 1.82) is 0 Å². The molecule has 2 aromatic carbocycles. The van der Waals surface area contributed by atoms with Crippen molar-refractivity contribution in [2.75, 3.05) is 4.90 Å². The fraction of sp³-hybridized carbons (Fsp3) is 0.0870. The first-order chi connectivity index (χ1) is 12.3. The van der Waals surface area contributed by atoms with Crippen LogP contribution in [0, 0.1) is 11.8 Å². The van der Waals surface area contributed by atoms with E-state index in [0.717, 1.165) is 16.9 Å². The summed E-state index contributed by atoms with van der Waals surface area (Å²) in [6, 6.07) is 18.6. The molecule has 3 aliphatic rings. The fourth-order valence-corrected chi connectivity index (χ4v) is 4.01. The normalized spacial score (nSPS) is 23.4. The molecule has 2 aliphatic carbocycles. The van der Waals surface area contributed by atoms with Gasteiger partial charge in [0.1, 0.15) is 0 Å². The maximum atomic E-state index is 13.0. The second kappa shape index (κ2) is 5.45. The summed E-state index contributed by atoms with van der Waals surface area (Å²) in [5.41, 5.74) is 5.59. The van der Waals surface area contributed by atoms with Crippen LogP contribution < -0.4 is 4.90 Å². The maximum Gasteiger partial charge on any atom is 0.239 e. The van der Waals surface area contributed by atoms with Gasteiger partial charge in [-0.25, -0.2) is 0 Å².